The van der Waals surface area contributed by atoms with Gasteiger partial charge in [-0.1, -0.05) is 0 Å². The molecule has 0 aliphatic carbocycles. The van der Waals surface area contributed by atoms with Gasteiger partial charge in [-0.25, -0.2) is 18.7 Å². The van der Waals surface area contributed by atoms with E-state index in [1.807, 2.05) is 0 Å². The van der Waals surface area contributed by atoms with Gasteiger partial charge in [-0.2, -0.15) is 0 Å². The summed E-state index contributed by atoms with van der Waals surface area (Å²) in [5, 5.41) is 2.79. The first kappa shape index (κ1) is 11.3. The smallest absolute Gasteiger partial charge is 0.247 e. The first-order valence-electron chi connectivity index (χ1n) is 4.06. The molecular weight excluding hydrogens is 256 g/mol. The van der Waals surface area contributed by atoms with Gasteiger partial charge in [0.25, 0.3) is 0 Å². The fourth-order valence-corrected chi connectivity index (χ4v) is 1.20. The summed E-state index contributed by atoms with van der Waals surface area (Å²) in [5.74, 6) is -2.11. The molecule has 0 fully saturated rings. The molecule has 0 amide bonds. The highest BCUT2D eigenvalue weighted by atomic mass is 79.9. The van der Waals surface area contributed by atoms with E-state index in [2.05, 4.69) is 31.2 Å². The monoisotopic (exact) mass is 265 g/mol. The second kappa shape index (κ2) is 4.63. The lowest BCUT2D eigenvalue weighted by Gasteiger charge is -2.11. The molecule has 0 saturated heterocycles. The molecule has 14 heavy (non-hydrogen) atoms. The molecule has 6 heteroatoms. The zero-order valence-electron chi connectivity index (χ0n) is 7.60. The van der Waals surface area contributed by atoms with E-state index in [1.54, 1.807) is 6.20 Å². The van der Waals surface area contributed by atoms with Crippen LogP contribution in [-0.4, -0.2) is 22.4 Å². The largest absolute Gasteiger partial charge is 0.369 e. The highest BCUT2D eigenvalue weighted by Gasteiger charge is 2.20. The maximum atomic E-state index is 12.4. The first-order valence-corrected chi connectivity index (χ1v) is 4.85. The van der Waals surface area contributed by atoms with Gasteiger partial charge in [0.05, 0.1) is 4.47 Å². The number of halogens is 3. The van der Waals surface area contributed by atoms with E-state index in [-0.39, 0.29) is 13.0 Å². The molecule has 1 rings (SSSR count). The molecule has 0 saturated carbocycles. The van der Waals surface area contributed by atoms with Crippen molar-refractivity contribution in [3.63, 3.8) is 0 Å². The van der Waals surface area contributed by atoms with Crippen LogP contribution in [-0.2, 0) is 0 Å². The second-order valence-corrected chi connectivity index (χ2v) is 3.82. The molecule has 1 N–H and O–H groups in total. The summed E-state index contributed by atoms with van der Waals surface area (Å²) in [6.07, 6.45) is 2.69. The third kappa shape index (κ3) is 3.95. The number of alkyl halides is 2. The number of nitrogens with zero attached hydrogens (tertiary/aromatic N) is 2. The number of hydrogen-bond donors (Lipinski definition) is 1. The summed E-state index contributed by atoms with van der Waals surface area (Å²) in [4.78, 5) is 7.64. The average molecular weight is 266 g/mol. The molecule has 0 bridgehead atoms. The summed E-state index contributed by atoms with van der Waals surface area (Å²) < 4.78 is 25.5. The third-order valence-corrected chi connectivity index (χ3v) is 2.10. The van der Waals surface area contributed by atoms with Crippen LogP contribution in [0.5, 0.6) is 0 Å². The van der Waals surface area contributed by atoms with E-state index in [4.69, 9.17) is 0 Å². The maximum absolute atomic E-state index is 12.4. The Labute approximate surface area is 89.1 Å². The molecule has 0 aliphatic heterocycles. The Morgan fingerprint density at radius 2 is 2.29 bits per heavy atom. The minimum absolute atomic E-state index is 0.180. The van der Waals surface area contributed by atoms with Gasteiger partial charge in [0.2, 0.25) is 5.92 Å². The molecule has 0 atom stereocenters. The summed E-state index contributed by atoms with van der Waals surface area (Å²) in [5.41, 5.74) is 0. The van der Waals surface area contributed by atoms with Gasteiger partial charge in [0.15, 0.2) is 0 Å². The minimum Gasteiger partial charge on any atom is -0.369 e. The number of anilines is 1. The Kier molecular flexibility index (Phi) is 3.74. The molecule has 3 nitrogen and oxygen atoms in total. The summed E-state index contributed by atoms with van der Waals surface area (Å²) in [6.45, 7) is 1.07. The topological polar surface area (TPSA) is 37.8 Å². The molecule has 0 radical (unpaired) electrons. The Morgan fingerprint density at radius 1 is 1.57 bits per heavy atom. The Bertz CT molecular complexity index is 301. The molecule has 1 heterocycles. The van der Waals surface area contributed by atoms with Crippen LogP contribution in [0, 0.1) is 0 Å². The van der Waals surface area contributed by atoms with Gasteiger partial charge in [-0.15, -0.1) is 0 Å². The van der Waals surface area contributed by atoms with Gasteiger partial charge in [-0.05, 0) is 22.9 Å². The van der Waals surface area contributed by atoms with Gasteiger partial charge in [-0.3, -0.25) is 0 Å². The van der Waals surface area contributed by atoms with Gasteiger partial charge in [0.1, 0.15) is 12.1 Å². The molecule has 1 aromatic rings. The van der Waals surface area contributed by atoms with Gasteiger partial charge >= 0.3 is 0 Å². The number of hydrogen-bond acceptors (Lipinski definition) is 3. The average Bonchev–Trinajstić information content (AvgIpc) is 2.06. The SMILES string of the molecule is CC(F)(F)CCNc1ncncc1Br. The fourth-order valence-electron chi connectivity index (χ4n) is 0.843. The predicted molar refractivity (Wildman–Crippen MR) is 53.5 cm³/mol. The van der Waals surface area contributed by atoms with Crippen molar-refractivity contribution < 1.29 is 8.78 Å². The van der Waals surface area contributed by atoms with Crippen LogP contribution in [0.15, 0.2) is 17.0 Å². The Morgan fingerprint density at radius 3 is 2.86 bits per heavy atom. The van der Waals surface area contributed by atoms with Crippen LogP contribution in [0.3, 0.4) is 0 Å². The van der Waals surface area contributed by atoms with Crippen LogP contribution in [0.4, 0.5) is 14.6 Å². The minimum atomic E-state index is -2.65. The van der Waals surface area contributed by atoms with Crippen molar-refractivity contribution in [3.8, 4) is 0 Å². The standard InChI is InChI=1S/C8H10BrF2N3/c1-8(10,11)2-3-13-7-6(9)4-12-5-14-7/h4-5H,2-3H2,1H3,(H,12,13,14). The third-order valence-electron chi connectivity index (χ3n) is 1.52. The maximum Gasteiger partial charge on any atom is 0.247 e. The Hall–Kier alpha value is -0.780. The number of aromatic nitrogens is 2. The van der Waals surface area contributed by atoms with Crippen LogP contribution in [0.1, 0.15) is 13.3 Å². The van der Waals surface area contributed by atoms with Crippen LogP contribution in [0.2, 0.25) is 0 Å². The summed E-state index contributed by atoms with van der Waals surface area (Å²) >= 11 is 3.20. The van der Waals surface area contributed by atoms with E-state index in [9.17, 15) is 8.78 Å². The molecule has 0 unspecified atom stereocenters. The molecular formula is C8H10BrF2N3. The van der Waals surface area contributed by atoms with Crippen molar-refractivity contribution in [2.24, 2.45) is 0 Å². The molecule has 0 aromatic carbocycles. The number of nitrogens with one attached hydrogen (secondary N) is 1. The van der Waals surface area contributed by atoms with Crippen molar-refractivity contribution in [1.29, 1.82) is 0 Å². The normalized spacial score (nSPS) is 11.4. The van der Waals surface area contributed by atoms with E-state index in [0.29, 0.717) is 10.3 Å². The van der Waals surface area contributed by atoms with E-state index in [1.165, 1.54) is 6.33 Å². The zero-order chi connectivity index (χ0) is 10.6. The lowest BCUT2D eigenvalue weighted by Crippen LogP contribution is -2.16. The zero-order valence-corrected chi connectivity index (χ0v) is 9.18. The molecule has 78 valence electrons. The Balaban J connectivity index is 2.43. The van der Waals surface area contributed by atoms with Crippen LogP contribution in [0.25, 0.3) is 0 Å². The number of rotatable bonds is 4. The first-order chi connectivity index (χ1) is 6.49. The highest BCUT2D eigenvalue weighted by Crippen LogP contribution is 2.19. The quantitative estimate of drug-likeness (QED) is 0.910. The second-order valence-electron chi connectivity index (χ2n) is 2.97. The highest BCUT2D eigenvalue weighted by molar-refractivity contribution is 9.10. The summed E-state index contributed by atoms with van der Waals surface area (Å²) in [6, 6.07) is 0. The van der Waals surface area contributed by atoms with E-state index >= 15 is 0 Å². The molecule has 0 spiro atoms. The van der Waals surface area contributed by atoms with E-state index in [0.717, 1.165) is 6.92 Å². The van der Waals surface area contributed by atoms with Crippen LogP contribution >= 0.6 is 15.9 Å². The van der Waals surface area contributed by atoms with Crippen molar-refractivity contribution in [2.75, 3.05) is 11.9 Å². The van der Waals surface area contributed by atoms with Crippen LogP contribution < -0.4 is 5.32 Å². The lowest BCUT2D eigenvalue weighted by molar-refractivity contribution is 0.0166. The van der Waals surface area contributed by atoms with E-state index < -0.39 is 5.92 Å². The molecule has 1 aromatic heterocycles. The van der Waals surface area contributed by atoms with Crippen molar-refractivity contribution in [1.82, 2.24) is 9.97 Å². The molecule has 0 aliphatic rings. The van der Waals surface area contributed by atoms with Crippen molar-refractivity contribution in [2.45, 2.75) is 19.3 Å². The lowest BCUT2D eigenvalue weighted by atomic mass is 10.3. The van der Waals surface area contributed by atoms with Crippen molar-refractivity contribution in [3.05, 3.63) is 17.0 Å². The fraction of sp³-hybridized carbons (Fsp3) is 0.500. The van der Waals surface area contributed by atoms with Gasteiger partial charge in [0, 0.05) is 19.2 Å². The van der Waals surface area contributed by atoms with Crippen molar-refractivity contribution >= 4 is 21.7 Å². The predicted octanol–water partition coefficient (Wildman–Crippen LogP) is 2.70. The summed E-state index contributed by atoms with van der Waals surface area (Å²) in [7, 11) is 0. The van der Waals surface area contributed by atoms with Gasteiger partial charge < -0.3 is 5.32 Å².